The predicted molar refractivity (Wildman–Crippen MR) is 92.0 cm³/mol. The van der Waals surface area contributed by atoms with Crippen molar-refractivity contribution in [1.82, 2.24) is 4.98 Å². The number of nitrogens with zero attached hydrogens (tertiary/aromatic N) is 2. The van der Waals surface area contributed by atoms with Crippen molar-refractivity contribution < 1.29 is 0 Å². The van der Waals surface area contributed by atoms with Crippen LogP contribution in [0.1, 0.15) is 11.1 Å². The zero-order valence-corrected chi connectivity index (χ0v) is 12.8. The maximum Gasteiger partial charge on any atom is 0.101 e. The van der Waals surface area contributed by atoms with E-state index in [0.29, 0.717) is 0 Å². The van der Waals surface area contributed by atoms with Crippen LogP contribution in [0, 0.1) is 18.3 Å². The van der Waals surface area contributed by atoms with Crippen molar-refractivity contribution in [2.45, 2.75) is 6.92 Å². The average Bonchev–Trinajstić information content (AvgIpc) is 2.94. The Kier molecular flexibility index (Phi) is 2.92. The molecule has 0 aliphatic heterocycles. The van der Waals surface area contributed by atoms with Crippen LogP contribution in [0.25, 0.3) is 31.4 Å². The molecule has 0 amide bonds. The van der Waals surface area contributed by atoms with Gasteiger partial charge in [0.15, 0.2) is 0 Å². The first kappa shape index (κ1) is 13.0. The van der Waals surface area contributed by atoms with E-state index in [1.807, 2.05) is 37.4 Å². The summed E-state index contributed by atoms with van der Waals surface area (Å²) in [6.45, 7) is 1.99. The van der Waals surface area contributed by atoms with E-state index < -0.39 is 0 Å². The average molecular weight is 300 g/mol. The van der Waals surface area contributed by atoms with Gasteiger partial charge < -0.3 is 0 Å². The Morgan fingerprint density at radius 3 is 2.59 bits per heavy atom. The highest BCUT2D eigenvalue weighted by atomic mass is 32.1. The number of hydrogen-bond donors (Lipinski definition) is 0. The minimum absolute atomic E-state index is 0.783. The number of rotatable bonds is 1. The van der Waals surface area contributed by atoms with Gasteiger partial charge in [0.1, 0.15) is 6.07 Å². The highest BCUT2D eigenvalue weighted by Gasteiger charge is 2.14. The third-order valence-electron chi connectivity index (χ3n) is 3.93. The number of aryl methyl sites for hydroxylation is 1. The van der Waals surface area contributed by atoms with E-state index in [1.54, 1.807) is 11.3 Å². The molecular weight excluding hydrogens is 288 g/mol. The molecule has 4 rings (SSSR count). The fourth-order valence-corrected chi connectivity index (χ4v) is 4.19. The predicted octanol–water partition coefficient (Wildman–Crippen LogP) is 5.30. The summed E-state index contributed by atoms with van der Waals surface area (Å²) in [5, 5.41) is 11.8. The van der Waals surface area contributed by atoms with E-state index in [2.05, 4.69) is 35.3 Å². The molecule has 0 unspecified atom stereocenters. The molecule has 0 aliphatic carbocycles. The molecule has 2 aromatic heterocycles. The van der Waals surface area contributed by atoms with Gasteiger partial charge in [-0.05, 0) is 24.6 Å². The molecule has 2 nitrogen and oxygen atoms in total. The fraction of sp³-hybridized carbons (Fsp3) is 0.0526. The molecule has 0 N–H and O–H groups in total. The standard InChI is InChI=1S/C19H12N2S/c1-12-8-9-14-13-5-4-6-15(17-7-2-3-10-21-17)18(13)22-19(14)16(12)11-20/h2-10H,1H3. The van der Waals surface area contributed by atoms with Crippen LogP contribution in [-0.4, -0.2) is 4.98 Å². The van der Waals surface area contributed by atoms with Crippen LogP contribution in [0.5, 0.6) is 0 Å². The lowest BCUT2D eigenvalue weighted by atomic mass is 10.0. The number of benzene rings is 2. The van der Waals surface area contributed by atoms with Gasteiger partial charge in [-0.1, -0.05) is 36.4 Å². The van der Waals surface area contributed by atoms with Gasteiger partial charge in [-0.3, -0.25) is 4.98 Å². The molecule has 2 heterocycles. The number of fused-ring (bicyclic) bond motifs is 3. The molecular formula is C19H12N2S. The highest BCUT2D eigenvalue weighted by Crippen LogP contribution is 2.41. The Balaban J connectivity index is 2.15. The molecule has 0 radical (unpaired) electrons. The Bertz CT molecular complexity index is 1040. The molecule has 0 spiro atoms. The Labute approximate surface area is 132 Å². The second-order valence-corrected chi connectivity index (χ2v) is 6.27. The zero-order valence-electron chi connectivity index (χ0n) is 12.0. The monoisotopic (exact) mass is 300 g/mol. The largest absolute Gasteiger partial charge is 0.256 e. The van der Waals surface area contributed by atoms with Gasteiger partial charge in [-0.25, -0.2) is 0 Å². The van der Waals surface area contributed by atoms with Gasteiger partial charge in [0.05, 0.1) is 16.0 Å². The van der Waals surface area contributed by atoms with Crippen LogP contribution >= 0.6 is 11.3 Å². The Morgan fingerprint density at radius 1 is 0.955 bits per heavy atom. The topological polar surface area (TPSA) is 36.7 Å². The third-order valence-corrected chi connectivity index (χ3v) is 5.20. The van der Waals surface area contributed by atoms with Gasteiger partial charge in [0.2, 0.25) is 0 Å². The fourth-order valence-electron chi connectivity index (χ4n) is 2.82. The first-order valence-electron chi connectivity index (χ1n) is 7.06. The van der Waals surface area contributed by atoms with E-state index in [4.69, 9.17) is 0 Å². The summed E-state index contributed by atoms with van der Waals surface area (Å²) >= 11 is 1.69. The van der Waals surface area contributed by atoms with Gasteiger partial charge in [0.25, 0.3) is 0 Å². The first-order chi connectivity index (χ1) is 10.8. The van der Waals surface area contributed by atoms with Gasteiger partial charge in [-0.15, -0.1) is 11.3 Å². The summed E-state index contributed by atoms with van der Waals surface area (Å²) < 4.78 is 2.26. The van der Waals surface area contributed by atoms with Gasteiger partial charge >= 0.3 is 0 Å². The van der Waals surface area contributed by atoms with Crippen LogP contribution < -0.4 is 0 Å². The summed E-state index contributed by atoms with van der Waals surface area (Å²) in [7, 11) is 0. The third kappa shape index (κ3) is 1.82. The molecule has 0 atom stereocenters. The Morgan fingerprint density at radius 2 is 1.82 bits per heavy atom. The van der Waals surface area contributed by atoms with Crippen molar-refractivity contribution in [1.29, 1.82) is 5.26 Å². The van der Waals surface area contributed by atoms with Crippen molar-refractivity contribution in [3.63, 3.8) is 0 Å². The van der Waals surface area contributed by atoms with Gasteiger partial charge in [-0.2, -0.15) is 5.26 Å². The van der Waals surface area contributed by atoms with Crippen LogP contribution in [0.3, 0.4) is 0 Å². The molecule has 0 saturated carbocycles. The summed E-state index contributed by atoms with van der Waals surface area (Å²) in [5.74, 6) is 0. The lowest BCUT2D eigenvalue weighted by Gasteiger charge is -2.01. The van der Waals surface area contributed by atoms with Crippen molar-refractivity contribution in [3.05, 3.63) is 65.9 Å². The molecule has 0 aliphatic rings. The molecule has 0 fully saturated rings. The molecule has 4 aromatic rings. The van der Waals surface area contributed by atoms with Crippen LogP contribution in [0.2, 0.25) is 0 Å². The van der Waals surface area contributed by atoms with E-state index in [9.17, 15) is 5.26 Å². The maximum atomic E-state index is 9.47. The molecule has 22 heavy (non-hydrogen) atoms. The van der Waals surface area contributed by atoms with Crippen LogP contribution in [0.15, 0.2) is 54.7 Å². The van der Waals surface area contributed by atoms with Crippen molar-refractivity contribution >= 4 is 31.5 Å². The highest BCUT2D eigenvalue weighted by molar-refractivity contribution is 7.26. The second kappa shape index (κ2) is 4.94. The SMILES string of the molecule is Cc1ccc2c(sc3c(-c4ccccn4)cccc32)c1C#N. The number of pyridine rings is 1. The molecule has 0 saturated heterocycles. The normalized spacial score (nSPS) is 10.9. The number of aromatic nitrogens is 1. The summed E-state index contributed by atoms with van der Waals surface area (Å²) in [6, 6.07) is 18.7. The molecule has 3 heteroatoms. The zero-order chi connectivity index (χ0) is 15.1. The number of thiophene rings is 1. The van der Waals surface area contributed by atoms with Gasteiger partial charge in [0, 0.05) is 27.2 Å². The van der Waals surface area contributed by atoms with E-state index in [-0.39, 0.29) is 0 Å². The minimum atomic E-state index is 0.783. The molecule has 0 bridgehead atoms. The lowest BCUT2D eigenvalue weighted by molar-refractivity contribution is 1.33. The quantitative estimate of drug-likeness (QED) is 0.478. The summed E-state index contributed by atoms with van der Waals surface area (Å²) in [6.07, 6.45) is 1.81. The van der Waals surface area contributed by atoms with Crippen LogP contribution in [-0.2, 0) is 0 Å². The smallest absolute Gasteiger partial charge is 0.101 e. The van der Waals surface area contributed by atoms with E-state index in [0.717, 1.165) is 32.5 Å². The second-order valence-electron chi connectivity index (χ2n) is 5.25. The molecule has 104 valence electrons. The van der Waals surface area contributed by atoms with E-state index >= 15 is 0 Å². The minimum Gasteiger partial charge on any atom is -0.256 e. The number of nitriles is 1. The molecule has 2 aromatic carbocycles. The van der Waals surface area contributed by atoms with Crippen molar-refractivity contribution in [2.24, 2.45) is 0 Å². The van der Waals surface area contributed by atoms with Crippen molar-refractivity contribution in [2.75, 3.05) is 0 Å². The van der Waals surface area contributed by atoms with E-state index in [1.165, 1.54) is 10.1 Å². The maximum absolute atomic E-state index is 9.47. The number of hydrogen-bond acceptors (Lipinski definition) is 3. The van der Waals surface area contributed by atoms with Crippen LogP contribution in [0.4, 0.5) is 0 Å². The van der Waals surface area contributed by atoms with Crippen molar-refractivity contribution in [3.8, 4) is 17.3 Å². The Hall–Kier alpha value is -2.70. The first-order valence-corrected chi connectivity index (χ1v) is 7.87. The summed E-state index contributed by atoms with van der Waals surface area (Å²) in [5.41, 5.74) is 3.90. The summed E-state index contributed by atoms with van der Waals surface area (Å²) in [4.78, 5) is 4.47. The lowest BCUT2D eigenvalue weighted by Crippen LogP contribution is -1.81.